The summed E-state index contributed by atoms with van der Waals surface area (Å²) in [7, 11) is 7.42. The summed E-state index contributed by atoms with van der Waals surface area (Å²) in [5.41, 5.74) is -0.582. The van der Waals surface area contributed by atoms with Gasteiger partial charge in [-0.05, 0) is 52.6 Å². The maximum atomic E-state index is 12.9. The highest BCUT2D eigenvalue weighted by Gasteiger charge is 2.47. The van der Waals surface area contributed by atoms with Crippen molar-refractivity contribution in [2.24, 2.45) is 11.3 Å². The third kappa shape index (κ3) is 3.14. The van der Waals surface area contributed by atoms with E-state index < -0.39 is 5.41 Å². The SMILES string of the molecule is COC1=CC2(C=C(OC)C1C)CCN(CCCN(C)C)C2=O. The van der Waals surface area contributed by atoms with Crippen LogP contribution < -0.4 is 0 Å². The standard InChI is InChI=1S/C17H28N2O3/c1-13-14(21-4)11-17(12-15(13)22-5)7-10-19(16(17)20)9-6-8-18(2)3/h11-13H,6-10H2,1-5H3. The molecule has 0 aromatic heterocycles. The summed E-state index contributed by atoms with van der Waals surface area (Å²) in [5.74, 6) is 1.88. The number of carbonyl (C=O) groups excluding carboxylic acids is 1. The van der Waals surface area contributed by atoms with Crippen LogP contribution in [-0.2, 0) is 14.3 Å². The first-order valence-corrected chi connectivity index (χ1v) is 7.91. The zero-order chi connectivity index (χ0) is 16.3. The smallest absolute Gasteiger partial charge is 0.236 e. The fraction of sp³-hybridized carbons (Fsp3) is 0.706. The lowest BCUT2D eigenvalue weighted by atomic mass is 9.78. The molecule has 1 saturated heterocycles. The number of likely N-dealkylation sites (tertiary alicyclic amines) is 1. The van der Waals surface area contributed by atoms with Crippen LogP contribution in [0.15, 0.2) is 23.7 Å². The van der Waals surface area contributed by atoms with E-state index in [1.807, 2.05) is 24.0 Å². The maximum absolute atomic E-state index is 12.9. The molecule has 2 rings (SSSR count). The summed E-state index contributed by atoms with van der Waals surface area (Å²) in [6.45, 7) is 4.63. The van der Waals surface area contributed by atoms with Gasteiger partial charge in [0.05, 0.1) is 25.6 Å². The molecule has 1 spiro atoms. The predicted molar refractivity (Wildman–Crippen MR) is 86.1 cm³/mol. The highest BCUT2D eigenvalue weighted by Crippen LogP contribution is 2.43. The lowest BCUT2D eigenvalue weighted by molar-refractivity contribution is -0.132. The van der Waals surface area contributed by atoms with Crippen molar-refractivity contribution in [2.45, 2.75) is 19.8 Å². The van der Waals surface area contributed by atoms with Gasteiger partial charge in [0, 0.05) is 13.1 Å². The molecule has 0 N–H and O–H groups in total. The van der Waals surface area contributed by atoms with Crippen molar-refractivity contribution in [1.29, 1.82) is 0 Å². The van der Waals surface area contributed by atoms with E-state index in [0.29, 0.717) is 0 Å². The van der Waals surface area contributed by atoms with Crippen LogP contribution in [0.4, 0.5) is 0 Å². The number of ether oxygens (including phenoxy) is 2. The number of carbonyl (C=O) groups is 1. The number of nitrogens with zero attached hydrogens (tertiary/aromatic N) is 2. The van der Waals surface area contributed by atoms with Gasteiger partial charge in [-0.2, -0.15) is 0 Å². The summed E-state index contributed by atoms with van der Waals surface area (Å²) in [5, 5.41) is 0. The Hall–Kier alpha value is -1.49. The normalized spacial score (nSPS) is 28.2. The van der Waals surface area contributed by atoms with Crippen LogP contribution in [0.1, 0.15) is 19.8 Å². The number of hydrogen-bond acceptors (Lipinski definition) is 4. The molecule has 0 aromatic carbocycles. The summed E-state index contributed by atoms with van der Waals surface area (Å²) >= 11 is 0. The zero-order valence-corrected chi connectivity index (χ0v) is 14.4. The van der Waals surface area contributed by atoms with Crippen LogP contribution >= 0.6 is 0 Å². The van der Waals surface area contributed by atoms with Gasteiger partial charge in [-0.1, -0.05) is 0 Å². The minimum absolute atomic E-state index is 0.0659. The molecule has 1 aliphatic heterocycles. The zero-order valence-electron chi connectivity index (χ0n) is 14.4. The van der Waals surface area contributed by atoms with Crippen molar-refractivity contribution >= 4 is 5.91 Å². The maximum Gasteiger partial charge on any atom is 0.236 e. The molecule has 5 heteroatoms. The van der Waals surface area contributed by atoms with Crippen molar-refractivity contribution in [3.05, 3.63) is 23.7 Å². The molecule has 1 heterocycles. The Balaban J connectivity index is 2.15. The molecule has 0 bridgehead atoms. The first-order valence-electron chi connectivity index (χ1n) is 7.91. The molecule has 2 aliphatic rings. The van der Waals surface area contributed by atoms with Gasteiger partial charge in [0.25, 0.3) is 0 Å². The summed E-state index contributed by atoms with van der Waals surface area (Å²) < 4.78 is 11.0. The lowest BCUT2D eigenvalue weighted by Crippen LogP contribution is -2.36. The molecule has 1 amide bonds. The van der Waals surface area contributed by atoms with E-state index in [-0.39, 0.29) is 11.8 Å². The average Bonchev–Trinajstić information content (AvgIpc) is 2.78. The predicted octanol–water partition coefficient (Wildman–Crippen LogP) is 1.87. The quantitative estimate of drug-likeness (QED) is 0.751. The Morgan fingerprint density at radius 3 is 2.36 bits per heavy atom. The molecule has 124 valence electrons. The fourth-order valence-corrected chi connectivity index (χ4v) is 3.29. The van der Waals surface area contributed by atoms with E-state index in [4.69, 9.17) is 9.47 Å². The Labute approximate surface area is 133 Å². The van der Waals surface area contributed by atoms with E-state index in [9.17, 15) is 4.79 Å². The van der Waals surface area contributed by atoms with E-state index in [1.165, 1.54) is 0 Å². The minimum atomic E-state index is -0.582. The Kier molecular flexibility index (Phi) is 5.16. The van der Waals surface area contributed by atoms with Gasteiger partial charge < -0.3 is 19.3 Å². The second kappa shape index (κ2) is 6.73. The Bertz CT molecular complexity index is 460. The van der Waals surface area contributed by atoms with E-state index in [0.717, 1.165) is 44.0 Å². The number of hydrogen-bond donors (Lipinski definition) is 0. The summed E-state index contributed by atoms with van der Waals surface area (Å²) in [4.78, 5) is 17.0. The van der Waals surface area contributed by atoms with E-state index in [2.05, 4.69) is 19.0 Å². The Morgan fingerprint density at radius 2 is 1.86 bits per heavy atom. The number of methoxy groups -OCH3 is 2. The van der Waals surface area contributed by atoms with Gasteiger partial charge in [0.1, 0.15) is 11.5 Å². The van der Waals surface area contributed by atoms with Gasteiger partial charge >= 0.3 is 0 Å². The summed E-state index contributed by atoms with van der Waals surface area (Å²) in [6.07, 6.45) is 5.77. The fourth-order valence-electron chi connectivity index (χ4n) is 3.29. The van der Waals surface area contributed by atoms with Gasteiger partial charge in [-0.3, -0.25) is 4.79 Å². The number of rotatable bonds is 6. The van der Waals surface area contributed by atoms with Crippen LogP contribution in [0.3, 0.4) is 0 Å². The van der Waals surface area contributed by atoms with Crippen molar-refractivity contribution in [2.75, 3.05) is 47.9 Å². The molecule has 5 nitrogen and oxygen atoms in total. The van der Waals surface area contributed by atoms with E-state index in [1.54, 1.807) is 14.2 Å². The monoisotopic (exact) mass is 308 g/mol. The van der Waals surface area contributed by atoms with Crippen molar-refractivity contribution in [3.63, 3.8) is 0 Å². The first-order chi connectivity index (χ1) is 10.4. The van der Waals surface area contributed by atoms with Crippen LogP contribution in [0, 0.1) is 11.3 Å². The van der Waals surface area contributed by atoms with E-state index >= 15 is 0 Å². The second-order valence-corrected chi connectivity index (χ2v) is 6.46. The van der Waals surface area contributed by atoms with Crippen LogP contribution in [0.5, 0.6) is 0 Å². The average molecular weight is 308 g/mol. The molecule has 0 radical (unpaired) electrons. The van der Waals surface area contributed by atoms with Crippen LogP contribution in [-0.4, -0.2) is 63.7 Å². The number of amides is 1. The van der Waals surface area contributed by atoms with Gasteiger partial charge in [0.15, 0.2) is 0 Å². The highest BCUT2D eigenvalue weighted by atomic mass is 16.5. The molecular formula is C17H28N2O3. The molecule has 1 aliphatic carbocycles. The van der Waals surface area contributed by atoms with Crippen molar-refractivity contribution < 1.29 is 14.3 Å². The largest absolute Gasteiger partial charge is 0.501 e. The highest BCUT2D eigenvalue weighted by molar-refractivity contribution is 5.89. The van der Waals surface area contributed by atoms with Crippen LogP contribution in [0.25, 0.3) is 0 Å². The molecule has 0 unspecified atom stereocenters. The molecule has 1 fully saturated rings. The second-order valence-electron chi connectivity index (χ2n) is 6.46. The van der Waals surface area contributed by atoms with Crippen molar-refractivity contribution in [3.8, 4) is 0 Å². The van der Waals surface area contributed by atoms with Gasteiger partial charge in [-0.15, -0.1) is 0 Å². The Morgan fingerprint density at radius 1 is 1.27 bits per heavy atom. The summed E-state index contributed by atoms with van der Waals surface area (Å²) in [6, 6.07) is 0. The molecule has 22 heavy (non-hydrogen) atoms. The van der Waals surface area contributed by atoms with Gasteiger partial charge in [0.2, 0.25) is 5.91 Å². The first kappa shape index (κ1) is 16.9. The molecule has 0 atom stereocenters. The molecule has 0 saturated carbocycles. The molecular weight excluding hydrogens is 280 g/mol. The topological polar surface area (TPSA) is 42.0 Å². The third-order valence-electron chi connectivity index (χ3n) is 4.64. The van der Waals surface area contributed by atoms with Crippen LogP contribution in [0.2, 0.25) is 0 Å². The lowest BCUT2D eigenvalue weighted by Gasteiger charge is -2.30. The van der Waals surface area contributed by atoms with Crippen molar-refractivity contribution in [1.82, 2.24) is 9.80 Å². The minimum Gasteiger partial charge on any atom is -0.501 e. The van der Waals surface area contributed by atoms with Gasteiger partial charge in [-0.25, -0.2) is 0 Å². The third-order valence-corrected chi connectivity index (χ3v) is 4.64. The molecule has 0 aromatic rings.